The Bertz CT molecular complexity index is 636. The third-order valence-electron chi connectivity index (χ3n) is 3.33. The lowest BCUT2D eigenvalue weighted by Gasteiger charge is -2.19. The van der Waals surface area contributed by atoms with Gasteiger partial charge in [-0.15, -0.1) is 11.3 Å². The number of carbonyl (C=O) groups is 1. The number of ether oxygens (including phenoxy) is 2. The third-order valence-corrected chi connectivity index (χ3v) is 4.34. The Balaban J connectivity index is 2.21. The number of thiophene rings is 1. The van der Waals surface area contributed by atoms with Crippen LogP contribution >= 0.6 is 11.3 Å². The summed E-state index contributed by atoms with van der Waals surface area (Å²) >= 11 is 1.66. The Morgan fingerprint density at radius 1 is 1.24 bits per heavy atom. The summed E-state index contributed by atoms with van der Waals surface area (Å²) in [7, 11) is 4.93. The number of benzene rings is 1. The fourth-order valence-corrected chi connectivity index (χ4v) is 2.99. The molecule has 2 aromatic rings. The average molecular weight is 305 g/mol. The Labute approximate surface area is 128 Å². The van der Waals surface area contributed by atoms with Crippen molar-refractivity contribution in [3.05, 3.63) is 45.6 Å². The first-order valence-electron chi connectivity index (χ1n) is 6.57. The lowest BCUT2D eigenvalue weighted by molar-refractivity contribution is 0.0783. The van der Waals surface area contributed by atoms with E-state index in [1.165, 1.54) is 10.4 Å². The summed E-state index contributed by atoms with van der Waals surface area (Å²) in [6, 6.07) is 7.28. The van der Waals surface area contributed by atoms with Crippen molar-refractivity contribution in [1.29, 1.82) is 0 Å². The Morgan fingerprint density at radius 3 is 2.57 bits per heavy atom. The van der Waals surface area contributed by atoms with Gasteiger partial charge in [0, 0.05) is 18.0 Å². The standard InChI is InChI=1S/C16H19NO3S/c1-11-7-8-21-15(11)10-17(2)16(18)13-6-5-12(19-3)9-14(13)20-4/h5-9H,10H2,1-4H3. The van der Waals surface area contributed by atoms with Crippen molar-refractivity contribution in [3.8, 4) is 11.5 Å². The predicted molar refractivity (Wildman–Crippen MR) is 84.4 cm³/mol. The van der Waals surface area contributed by atoms with E-state index in [-0.39, 0.29) is 5.91 Å². The Kier molecular flexibility index (Phi) is 4.85. The molecule has 0 saturated carbocycles. The van der Waals surface area contributed by atoms with Gasteiger partial charge in [-0.05, 0) is 36.1 Å². The fourth-order valence-electron chi connectivity index (χ4n) is 2.03. The number of aryl methyl sites for hydroxylation is 1. The van der Waals surface area contributed by atoms with Crippen molar-refractivity contribution in [2.75, 3.05) is 21.3 Å². The zero-order valence-corrected chi connectivity index (χ0v) is 13.5. The smallest absolute Gasteiger partial charge is 0.257 e. The van der Waals surface area contributed by atoms with E-state index in [4.69, 9.17) is 9.47 Å². The fraction of sp³-hybridized carbons (Fsp3) is 0.312. The predicted octanol–water partition coefficient (Wildman–Crippen LogP) is 3.35. The summed E-state index contributed by atoms with van der Waals surface area (Å²) in [5.74, 6) is 1.12. The van der Waals surface area contributed by atoms with Gasteiger partial charge in [0.2, 0.25) is 0 Å². The van der Waals surface area contributed by atoms with Crippen LogP contribution < -0.4 is 9.47 Å². The summed E-state index contributed by atoms with van der Waals surface area (Å²) in [6.07, 6.45) is 0. The van der Waals surface area contributed by atoms with Crippen molar-refractivity contribution < 1.29 is 14.3 Å². The molecule has 0 aliphatic heterocycles. The molecule has 21 heavy (non-hydrogen) atoms. The van der Waals surface area contributed by atoms with Crippen molar-refractivity contribution in [3.63, 3.8) is 0 Å². The first-order chi connectivity index (χ1) is 10.1. The van der Waals surface area contributed by atoms with E-state index in [2.05, 4.69) is 13.0 Å². The summed E-state index contributed by atoms with van der Waals surface area (Å²) < 4.78 is 10.4. The molecule has 4 nitrogen and oxygen atoms in total. The SMILES string of the molecule is COc1ccc(C(=O)N(C)Cc2sccc2C)c(OC)c1. The van der Waals surface area contributed by atoms with Gasteiger partial charge in [0.05, 0.1) is 26.3 Å². The van der Waals surface area contributed by atoms with E-state index in [1.807, 2.05) is 5.38 Å². The average Bonchev–Trinajstić information content (AvgIpc) is 2.90. The number of carbonyl (C=O) groups excluding carboxylic acids is 1. The normalized spacial score (nSPS) is 10.3. The van der Waals surface area contributed by atoms with Crippen LogP contribution in [0.2, 0.25) is 0 Å². The van der Waals surface area contributed by atoms with Crippen LogP contribution in [-0.4, -0.2) is 32.1 Å². The molecule has 0 unspecified atom stereocenters. The maximum Gasteiger partial charge on any atom is 0.257 e. The minimum absolute atomic E-state index is 0.0673. The topological polar surface area (TPSA) is 38.8 Å². The number of nitrogens with zero attached hydrogens (tertiary/aromatic N) is 1. The molecule has 1 aromatic heterocycles. The molecule has 1 heterocycles. The zero-order valence-electron chi connectivity index (χ0n) is 12.7. The van der Waals surface area contributed by atoms with Gasteiger partial charge in [-0.1, -0.05) is 0 Å². The molecule has 0 fully saturated rings. The molecule has 112 valence electrons. The number of methoxy groups -OCH3 is 2. The molecule has 5 heteroatoms. The van der Waals surface area contributed by atoms with E-state index in [0.717, 1.165) is 0 Å². The highest BCUT2D eigenvalue weighted by Gasteiger charge is 2.18. The van der Waals surface area contributed by atoms with Crippen LogP contribution in [0.4, 0.5) is 0 Å². The highest BCUT2D eigenvalue weighted by Crippen LogP contribution is 2.26. The van der Waals surface area contributed by atoms with Crippen LogP contribution in [0.1, 0.15) is 20.8 Å². The maximum absolute atomic E-state index is 12.6. The van der Waals surface area contributed by atoms with Gasteiger partial charge in [-0.3, -0.25) is 4.79 Å². The number of hydrogen-bond donors (Lipinski definition) is 0. The second kappa shape index (κ2) is 6.63. The van der Waals surface area contributed by atoms with Gasteiger partial charge >= 0.3 is 0 Å². The molecule has 0 radical (unpaired) electrons. The molecular formula is C16H19NO3S. The summed E-state index contributed by atoms with van der Waals surface area (Å²) in [5.41, 5.74) is 1.75. The molecule has 0 N–H and O–H groups in total. The number of amides is 1. The van der Waals surface area contributed by atoms with Crippen LogP contribution in [0.25, 0.3) is 0 Å². The molecule has 1 aromatic carbocycles. The second-order valence-electron chi connectivity index (χ2n) is 4.75. The largest absolute Gasteiger partial charge is 0.497 e. The van der Waals surface area contributed by atoms with Gasteiger partial charge < -0.3 is 14.4 Å². The number of rotatable bonds is 5. The van der Waals surface area contributed by atoms with Crippen LogP contribution in [0, 0.1) is 6.92 Å². The Hall–Kier alpha value is -2.01. The van der Waals surface area contributed by atoms with Crippen LogP contribution in [0.5, 0.6) is 11.5 Å². The first-order valence-corrected chi connectivity index (χ1v) is 7.45. The van der Waals surface area contributed by atoms with E-state index < -0.39 is 0 Å². The van der Waals surface area contributed by atoms with E-state index in [1.54, 1.807) is 55.7 Å². The van der Waals surface area contributed by atoms with Gasteiger partial charge in [-0.25, -0.2) is 0 Å². The van der Waals surface area contributed by atoms with Gasteiger partial charge in [0.25, 0.3) is 5.91 Å². The lowest BCUT2D eigenvalue weighted by atomic mass is 10.1. The maximum atomic E-state index is 12.6. The Morgan fingerprint density at radius 2 is 2.00 bits per heavy atom. The summed E-state index contributed by atoms with van der Waals surface area (Å²) in [5, 5.41) is 2.04. The van der Waals surface area contributed by atoms with Crippen molar-refractivity contribution in [2.24, 2.45) is 0 Å². The molecule has 0 aliphatic rings. The molecule has 0 bridgehead atoms. The lowest BCUT2D eigenvalue weighted by Crippen LogP contribution is -2.26. The summed E-state index contributed by atoms with van der Waals surface area (Å²) in [4.78, 5) is 15.5. The molecule has 2 rings (SSSR count). The van der Waals surface area contributed by atoms with Gasteiger partial charge in [0.1, 0.15) is 11.5 Å². The molecule has 0 atom stereocenters. The van der Waals surface area contributed by atoms with Gasteiger partial charge in [-0.2, -0.15) is 0 Å². The first kappa shape index (κ1) is 15.4. The summed E-state index contributed by atoms with van der Waals surface area (Å²) in [6.45, 7) is 2.65. The minimum Gasteiger partial charge on any atom is -0.497 e. The monoisotopic (exact) mass is 305 g/mol. The molecule has 1 amide bonds. The molecule has 0 saturated heterocycles. The van der Waals surface area contributed by atoms with Crippen molar-refractivity contribution in [2.45, 2.75) is 13.5 Å². The van der Waals surface area contributed by atoms with Crippen molar-refractivity contribution >= 4 is 17.2 Å². The van der Waals surface area contributed by atoms with Crippen molar-refractivity contribution in [1.82, 2.24) is 4.90 Å². The molecular weight excluding hydrogens is 286 g/mol. The van der Waals surface area contributed by atoms with Crippen LogP contribution in [-0.2, 0) is 6.54 Å². The quantitative estimate of drug-likeness (QED) is 0.850. The zero-order chi connectivity index (χ0) is 15.4. The highest BCUT2D eigenvalue weighted by atomic mass is 32.1. The molecule has 0 spiro atoms. The highest BCUT2D eigenvalue weighted by molar-refractivity contribution is 7.10. The second-order valence-corrected chi connectivity index (χ2v) is 5.75. The molecule has 0 aliphatic carbocycles. The van der Waals surface area contributed by atoms with Crippen LogP contribution in [0.15, 0.2) is 29.6 Å². The van der Waals surface area contributed by atoms with E-state index in [0.29, 0.717) is 23.6 Å². The van der Waals surface area contributed by atoms with Gasteiger partial charge in [0.15, 0.2) is 0 Å². The van der Waals surface area contributed by atoms with Crippen LogP contribution in [0.3, 0.4) is 0 Å². The van der Waals surface area contributed by atoms with E-state index >= 15 is 0 Å². The number of hydrogen-bond acceptors (Lipinski definition) is 4. The minimum atomic E-state index is -0.0673. The third kappa shape index (κ3) is 3.36. The van der Waals surface area contributed by atoms with E-state index in [9.17, 15) is 4.79 Å².